The van der Waals surface area contributed by atoms with Gasteiger partial charge < -0.3 is 5.32 Å². The van der Waals surface area contributed by atoms with E-state index in [4.69, 9.17) is 12.2 Å². The molecule has 0 heterocycles. The van der Waals surface area contributed by atoms with Crippen LogP contribution in [-0.4, -0.2) is 16.8 Å². The molecule has 0 spiro atoms. The van der Waals surface area contributed by atoms with Gasteiger partial charge in [0.15, 0.2) is 10.9 Å². The van der Waals surface area contributed by atoms with Crippen molar-refractivity contribution in [3.8, 4) is 0 Å². The Balaban J connectivity index is 1.62. The van der Waals surface area contributed by atoms with Gasteiger partial charge in [-0.3, -0.25) is 14.9 Å². The Bertz CT molecular complexity index is 1030. The van der Waals surface area contributed by atoms with Crippen LogP contribution in [0.25, 0.3) is 16.8 Å². The van der Waals surface area contributed by atoms with Gasteiger partial charge in [0.05, 0.1) is 0 Å². The molecule has 0 aromatic heterocycles. The number of nitrogens with one attached hydrogen (secondary N) is 2. The molecule has 0 unspecified atom stereocenters. The molecular weight excluding hydrogens is 356 g/mol. The fraction of sp³-hybridized carbons (Fsp3) is 0.0455. The predicted octanol–water partition coefficient (Wildman–Crippen LogP) is 4.57. The van der Waals surface area contributed by atoms with E-state index >= 15 is 0 Å². The number of thiocarbonyl (C=S) groups is 1. The number of hydrogen-bond acceptors (Lipinski definition) is 3. The molecule has 0 radical (unpaired) electrons. The Hall–Kier alpha value is -3.31. The second kappa shape index (κ2) is 8.38. The highest BCUT2D eigenvalue weighted by molar-refractivity contribution is 7.80. The van der Waals surface area contributed by atoms with Crippen LogP contribution < -0.4 is 10.6 Å². The zero-order chi connectivity index (χ0) is 19.2. The fourth-order valence-electron chi connectivity index (χ4n) is 2.67. The third kappa shape index (κ3) is 4.86. The summed E-state index contributed by atoms with van der Waals surface area (Å²) in [7, 11) is 0. The van der Waals surface area contributed by atoms with Crippen LogP contribution in [0.15, 0.2) is 72.8 Å². The summed E-state index contributed by atoms with van der Waals surface area (Å²) >= 11 is 5.16. The minimum Gasteiger partial charge on any atom is -0.332 e. The minimum atomic E-state index is -0.319. The maximum atomic E-state index is 12.1. The molecule has 0 bridgehead atoms. The number of ketones is 1. The quantitative estimate of drug-likeness (QED) is 0.399. The number of anilines is 1. The molecule has 0 fully saturated rings. The minimum absolute atomic E-state index is 0.00370. The molecule has 0 aliphatic rings. The van der Waals surface area contributed by atoms with Crippen molar-refractivity contribution in [1.82, 2.24) is 5.32 Å². The Labute approximate surface area is 162 Å². The monoisotopic (exact) mass is 374 g/mol. The second-order valence-corrected chi connectivity index (χ2v) is 6.39. The van der Waals surface area contributed by atoms with E-state index in [1.165, 1.54) is 13.0 Å². The van der Waals surface area contributed by atoms with Gasteiger partial charge in [-0.05, 0) is 65.8 Å². The van der Waals surface area contributed by atoms with Gasteiger partial charge in [0.2, 0.25) is 5.91 Å². The van der Waals surface area contributed by atoms with Gasteiger partial charge in [-0.15, -0.1) is 0 Å². The van der Waals surface area contributed by atoms with E-state index in [1.807, 2.05) is 42.5 Å². The van der Waals surface area contributed by atoms with Gasteiger partial charge >= 0.3 is 0 Å². The smallest absolute Gasteiger partial charge is 0.250 e. The average molecular weight is 374 g/mol. The standard InChI is InChI=1S/C22H18N2O2S/c1-15(25)16-9-12-19(13-10-16)23-22(27)24-21(26)14-11-18-7-4-6-17-5-2-3-8-20(17)18/h2-14H,1H3,(H2,23,24,26,27). The first-order valence-corrected chi connectivity index (χ1v) is 8.82. The van der Waals surface area contributed by atoms with Crippen LogP contribution in [0.4, 0.5) is 5.69 Å². The molecule has 0 saturated carbocycles. The maximum Gasteiger partial charge on any atom is 0.250 e. The molecule has 0 saturated heterocycles. The highest BCUT2D eigenvalue weighted by Crippen LogP contribution is 2.19. The summed E-state index contributed by atoms with van der Waals surface area (Å²) in [5, 5.41) is 7.92. The first-order valence-electron chi connectivity index (χ1n) is 8.42. The number of Topliss-reactive ketones (excluding diaryl/α,β-unsaturated/α-hetero) is 1. The van der Waals surface area contributed by atoms with Crippen LogP contribution in [0.1, 0.15) is 22.8 Å². The van der Waals surface area contributed by atoms with Crippen LogP contribution in [0.2, 0.25) is 0 Å². The van der Waals surface area contributed by atoms with Crippen molar-refractivity contribution in [3.63, 3.8) is 0 Å². The number of carbonyl (C=O) groups excluding carboxylic acids is 2. The number of hydrogen-bond donors (Lipinski definition) is 2. The number of benzene rings is 3. The lowest BCUT2D eigenvalue weighted by atomic mass is 10.0. The molecule has 27 heavy (non-hydrogen) atoms. The molecule has 1 amide bonds. The summed E-state index contributed by atoms with van der Waals surface area (Å²) in [4.78, 5) is 23.4. The topological polar surface area (TPSA) is 58.2 Å². The van der Waals surface area contributed by atoms with E-state index in [0.717, 1.165) is 16.3 Å². The average Bonchev–Trinajstić information content (AvgIpc) is 2.66. The third-order valence-electron chi connectivity index (χ3n) is 4.02. The summed E-state index contributed by atoms with van der Waals surface area (Å²) in [5.41, 5.74) is 2.28. The second-order valence-electron chi connectivity index (χ2n) is 5.98. The van der Waals surface area contributed by atoms with E-state index in [1.54, 1.807) is 30.3 Å². The normalized spacial score (nSPS) is 10.7. The molecule has 5 heteroatoms. The Morgan fingerprint density at radius 1 is 0.926 bits per heavy atom. The molecule has 0 aliphatic heterocycles. The van der Waals surface area contributed by atoms with Crippen LogP contribution in [0, 0.1) is 0 Å². The zero-order valence-corrected chi connectivity index (χ0v) is 15.5. The van der Waals surface area contributed by atoms with Gasteiger partial charge in [0.1, 0.15) is 0 Å². The SMILES string of the molecule is CC(=O)c1ccc(NC(=S)NC(=O)C=Cc2cccc3ccccc23)cc1. The maximum absolute atomic E-state index is 12.1. The van der Waals surface area contributed by atoms with Crippen molar-refractivity contribution in [2.75, 3.05) is 5.32 Å². The predicted molar refractivity (Wildman–Crippen MR) is 114 cm³/mol. The van der Waals surface area contributed by atoms with E-state index < -0.39 is 0 Å². The molecule has 3 rings (SSSR count). The molecular formula is C22H18N2O2S. The van der Waals surface area contributed by atoms with E-state index in [-0.39, 0.29) is 16.8 Å². The Morgan fingerprint density at radius 2 is 1.63 bits per heavy atom. The first kappa shape index (κ1) is 18.5. The highest BCUT2D eigenvalue weighted by atomic mass is 32.1. The van der Waals surface area contributed by atoms with Crippen molar-refractivity contribution < 1.29 is 9.59 Å². The summed E-state index contributed by atoms with van der Waals surface area (Å²) in [6.07, 6.45) is 3.22. The number of amides is 1. The zero-order valence-electron chi connectivity index (χ0n) is 14.7. The van der Waals surface area contributed by atoms with Gasteiger partial charge in [0, 0.05) is 17.3 Å². The van der Waals surface area contributed by atoms with Crippen molar-refractivity contribution in [2.45, 2.75) is 6.92 Å². The largest absolute Gasteiger partial charge is 0.332 e. The molecule has 4 nitrogen and oxygen atoms in total. The van der Waals surface area contributed by atoms with Gasteiger partial charge in [0.25, 0.3) is 0 Å². The van der Waals surface area contributed by atoms with Crippen LogP contribution in [0.5, 0.6) is 0 Å². The molecule has 3 aromatic carbocycles. The number of rotatable bonds is 4. The van der Waals surface area contributed by atoms with Crippen molar-refractivity contribution in [1.29, 1.82) is 0 Å². The molecule has 2 N–H and O–H groups in total. The van der Waals surface area contributed by atoms with E-state index in [2.05, 4.69) is 10.6 Å². The molecule has 0 aliphatic carbocycles. The van der Waals surface area contributed by atoms with Crippen molar-refractivity contribution >= 4 is 51.6 Å². The van der Waals surface area contributed by atoms with Gasteiger partial charge in [-0.25, -0.2) is 0 Å². The van der Waals surface area contributed by atoms with Crippen LogP contribution in [0.3, 0.4) is 0 Å². The Kier molecular flexibility index (Phi) is 5.74. The number of carbonyl (C=O) groups is 2. The summed E-state index contributed by atoms with van der Waals surface area (Å²) in [6, 6.07) is 20.8. The summed E-state index contributed by atoms with van der Waals surface area (Å²) in [6.45, 7) is 1.51. The molecule has 134 valence electrons. The van der Waals surface area contributed by atoms with Crippen molar-refractivity contribution in [3.05, 3.63) is 83.9 Å². The van der Waals surface area contributed by atoms with E-state index in [0.29, 0.717) is 11.3 Å². The first-order chi connectivity index (χ1) is 13.0. The molecule has 0 atom stereocenters. The summed E-state index contributed by atoms with van der Waals surface area (Å²) < 4.78 is 0. The lowest BCUT2D eigenvalue weighted by Crippen LogP contribution is -2.32. The van der Waals surface area contributed by atoms with E-state index in [9.17, 15) is 9.59 Å². The Morgan fingerprint density at radius 3 is 2.37 bits per heavy atom. The summed E-state index contributed by atoms with van der Waals surface area (Å²) in [5.74, 6) is -0.322. The highest BCUT2D eigenvalue weighted by Gasteiger charge is 2.04. The lowest BCUT2D eigenvalue weighted by molar-refractivity contribution is -0.115. The fourth-order valence-corrected chi connectivity index (χ4v) is 2.88. The van der Waals surface area contributed by atoms with Gasteiger partial charge in [-0.2, -0.15) is 0 Å². The number of fused-ring (bicyclic) bond motifs is 1. The van der Waals surface area contributed by atoms with Crippen LogP contribution in [-0.2, 0) is 4.79 Å². The molecule has 3 aromatic rings. The van der Waals surface area contributed by atoms with Gasteiger partial charge in [-0.1, -0.05) is 42.5 Å². The third-order valence-corrected chi connectivity index (χ3v) is 4.23. The van der Waals surface area contributed by atoms with Crippen LogP contribution >= 0.6 is 12.2 Å². The van der Waals surface area contributed by atoms with Crippen molar-refractivity contribution in [2.24, 2.45) is 0 Å². The lowest BCUT2D eigenvalue weighted by Gasteiger charge is -2.08.